The van der Waals surface area contributed by atoms with E-state index in [0.29, 0.717) is 23.5 Å². The first kappa shape index (κ1) is 13.4. The summed E-state index contributed by atoms with van der Waals surface area (Å²) in [6.07, 6.45) is 3.64. The number of likely N-dealkylation sites (tertiary alicyclic amines) is 1. The van der Waals surface area contributed by atoms with Crippen molar-refractivity contribution in [2.75, 3.05) is 13.1 Å². The molecular weight excluding hydrogens is 290 g/mol. The van der Waals surface area contributed by atoms with E-state index in [-0.39, 0.29) is 6.10 Å². The minimum Gasteiger partial charge on any atom is -0.393 e. The highest BCUT2D eigenvalue weighted by Gasteiger charge is 2.41. The zero-order chi connectivity index (χ0) is 14.6. The Hall–Kier alpha value is -1.24. The van der Waals surface area contributed by atoms with Crippen molar-refractivity contribution in [2.24, 2.45) is 18.9 Å². The molecule has 21 heavy (non-hydrogen) atoms. The van der Waals surface area contributed by atoms with Gasteiger partial charge in [0.25, 0.3) is 0 Å². The van der Waals surface area contributed by atoms with Gasteiger partial charge in [-0.25, -0.2) is 9.97 Å². The molecule has 6 nitrogen and oxygen atoms in total. The topological polar surface area (TPSA) is 67.1 Å². The van der Waals surface area contributed by atoms with E-state index in [0.717, 1.165) is 42.8 Å². The number of aliphatic hydroxyl groups is 1. The van der Waals surface area contributed by atoms with Crippen molar-refractivity contribution < 1.29 is 5.11 Å². The fourth-order valence-corrected chi connectivity index (χ4v) is 3.99. The minimum atomic E-state index is -0.135. The van der Waals surface area contributed by atoms with Gasteiger partial charge in [-0.2, -0.15) is 5.10 Å². The van der Waals surface area contributed by atoms with Crippen molar-refractivity contribution in [3.8, 4) is 0 Å². The minimum absolute atomic E-state index is 0.135. The highest BCUT2D eigenvalue weighted by atomic mass is 35.5. The normalized spacial score (nSPS) is 29.4. The van der Waals surface area contributed by atoms with E-state index < -0.39 is 0 Å². The van der Waals surface area contributed by atoms with E-state index in [4.69, 9.17) is 11.6 Å². The molecule has 0 bridgehead atoms. The van der Waals surface area contributed by atoms with Crippen LogP contribution in [0.25, 0.3) is 11.0 Å². The third-order valence-electron chi connectivity index (χ3n) is 4.85. The summed E-state index contributed by atoms with van der Waals surface area (Å²) in [6, 6.07) is 0. The highest BCUT2D eigenvalue weighted by Crippen LogP contribution is 2.38. The molecule has 1 saturated carbocycles. The van der Waals surface area contributed by atoms with Gasteiger partial charge in [0.05, 0.1) is 24.2 Å². The maximum Gasteiger partial charge on any atom is 0.162 e. The van der Waals surface area contributed by atoms with Crippen LogP contribution in [0.5, 0.6) is 0 Å². The summed E-state index contributed by atoms with van der Waals surface area (Å²) < 4.78 is 1.72. The van der Waals surface area contributed by atoms with E-state index in [2.05, 4.69) is 20.0 Å². The molecule has 0 radical (unpaired) electrons. The molecule has 7 heteroatoms. The monoisotopic (exact) mass is 307 g/mol. The standard InChI is InChI=1S/C14H18ClN5O/c1-19-14-9(4-16-19)13(15)17-12(18-14)7-20-5-8-2-3-11(21)10(8)6-20/h4,8,10-11,21H,2-3,5-7H2,1H3. The fraction of sp³-hybridized carbons (Fsp3) is 0.643. The number of aromatic nitrogens is 4. The van der Waals surface area contributed by atoms with Crippen molar-refractivity contribution in [3.63, 3.8) is 0 Å². The second-order valence-corrected chi connectivity index (χ2v) is 6.56. The summed E-state index contributed by atoms with van der Waals surface area (Å²) in [6.45, 7) is 2.63. The van der Waals surface area contributed by atoms with Crippen LogP contribution in [0.1, 0.15) is 18.7 Å². The van der Waals surface area contributed by atoms with Crippen molar-refractivity contribution in [1.82, 2.24) is 24.6 Å². The molecule has 0 spiro atoms. The molecule has 3 unspecified atom stereocenters. The molecule has 2 aromatic heterocycles. The Morgan fingerprint density at radius 2 is 2.19 bits per heavy atom. The number of rotatable bonds is 2. The van der Waals surface area contributed by atoms with Crippen LogP contribution in [0.4, 0.5) is 0 Å². The average molecular weight is 308 g/mol. The molecule has 2 fully saturated rings. The summed E-state index contributed by atoms with van der Waals surface area (Å²) in [5.41, 5.74) is 0.768. The van der Waals surface area contributed by atoms with E-state index in [1.54, 1.807) is 10.9 Å². The van der Waals surface area contributed by atoms with E-state index in [9.17, 15) is 5.11 Å². The Labute approximate surface area is 127 Å². The maximum absolute atomic E-state index is 9.99. The second kappa shape index (κ2) is 4.90. The van der Waals surface area contributed by atoms with E-state index >= 15 is 0 Å². The Morgan fingerprint density at radius 1 is 1.33 bits per heavy atom. The number of nitrogens with zero attached hydrogens (tertiary/aromatic N) is 5. The lowest BCUT2D eigenvalue weighted by molar-refractivity contribution is 0.123. The quantitative estimate of drug-likeness (QED) is 0.845. The molecule has 2 aliphatic rings. The molecule has 2 aromatic rings. The zero-order valence-electron chi connectivity index (χ0n) is 11.9. The first-order valence-corrected chi connectivity index (χ1v) is 7.74. The van der Waals surface area contributed by atoms with Gasteiger partial charge in [-0.1, -0.05) is 11.6 Å². The lowest BCUT2D eigenvalue weighted by Gasteiger charge is -2.17. The van der Waals surface area contributed by atoms with Crippen LogP contribution < -0.4 is 0 Å². The molecule has 112 valence electrons. The van der Waals surface area contributed by atoms with Crippen LogP contribution in [-0.4, -0.2) is 48.9 Å². The van der Waals surface area contributed by atoms with Gasteiger partial charge in [0.2, 0.25) is 0 Å². The Kier molecular flexibility index (Phi) is 3.13. The molecule has 1 N–H and O–H groups in total. The predicted octanol–water partition coefficient (Wildman–Crippen LogP) is 1.22. The summed E-state index contributed by atoms with van der Waals surface area (Å²) in [7, 11) is 1.85. The Balaban J connectivity index is 1.56. The van der Waals surface area contributed by atoms with Crippen molar-refractivity contribution in [1.29, 1.82) is 0 Å². The zero-order valence-corrected chi connectivity index (χ0v) is 12.7. The largest absolute Gasteiger partial charge is 0.393 e. The summed E-state index contributed by atoms with van der Waals surface area (Å²) in [5.74, 6) is 1.77. The summed E-state index contributed by atoms with van der Waals surface area (Å²) in [5, 5.41) is 15.4. The highest BCUT2D eigenvalue weighted by molar-refractivity contribution is 6.33. The second-order valence-electron chi connectivity index (χ2n) is 6.20. The smallest absolute Gasteiger partial charge is 0.162 e. The third-order valence-corrected chi connectivity index (χ3v) is 5.14. The third kappa shape index (κ3) is 2.22. The lowest BCUT2D eigenvalue weighted by atomic mass is 10.00. The number of aliphatic hydroxyl groups excluding tert-OH is 1. The molecular formula is C14H18ClN5O. The number of hydrogen-bond acceptors (Lipinski definition) is 5. The fourth-order valence-electron chi connectivity index (χ4n) is 3.76. The molecule has 1 aliphatic carbocycles. The van der Waals surface area contributed by atoms with Crippen LogP contribution in [0.3, 0.4) is 0 Å². The first-order valence-electron chi connectivity index (χ1n) is 7.36. The van der Waals surface area contributed by atoms with Crippen molar-refractivity contribution in [2.45, 2.75) is 25.5 Å². The van der Waals surface area contributed by atoms with Crippen LogP contribution in [-0.2, 0) is 13.6 Å². The Bertz CT molecular complexity index is 687. The predicted molar refractivity (Wildman–Crippen MR) is 78.8 cm³/mol. The van der Waals surface area contributed by atoms with Gasteiger partial charge in [-0.15, -0.1) is 0 Å². The SMILES string of the molecule is Cn1ncc2c(Cl)nc(CN3CC4CCC(O)C4C3)nc21. The van der Waals surface area contributed by atoms with Gasteiger partial charge >= 0.3 is 0 Å². The number of halogens is 1. The van der Waals surface area contributed by atoms with E-state index in [1.807, 2.05) is 7.05 Å². The van der Waals surface area contributed by atoms with Gasteiger partial charge < -0.3 is 5.11 Å². The van der Waals surface area contributed by atoms with Gasteiger partial charge in [-0.05, 0) is 18.8 Å². The van der Waals surface area contributed by atoms with Crippen LogP contribution in [0, 0.1) is 11.8 Å². The first-order chi connectivity index (χ1) is 10.1. The van der Waals surface area contributed by atoms with E-state index in [1.165, 1.54) is 0 Å². The van der Waals surface area contributed by atoms with Gasteiger partial charge in [0.15, 0.2) is 5.65 Å². The molecule has 3 atom stereocenters. The van der Waals surface area contributed by atoms with Crippen molar-refractivity contribution in [3.05, 3.63) is 17.2 Å². The van der Waals surface area contributed by atoms with Crippen LogP contribution in [0.15, 0.2) is 6.20 Å². The summed E-state index contributed by atoms with van der Waals surface area (Å²) >= 11 is 6.22. The van der Waals surface area contributed by atoms with Crippen LogP contribution in [0.2, 0.25) is 5.15 Å². The van der Waals surface area contributed by atoms with Gasteiger partial charge in [0.1, 0.15) is 11.0 Å². The molecule has 1 aliphatic heterocycles. The maximum atomic E-state index is 9.99. The number of fused-ring (bicyclic) bond motifs is 2. The number of hydrogen-bond donors (Lipinski definition) is 1. The van der Waals surface area contributed by atoms with Crippen molar-refractivity contribution >= 4 is 22.6 Å². The molecule has 0 amide bonds. The number of aryl methyl sites for hydroxylation is 1. The van der Waals surface area contributed by atoms with Gasteiger partial charge in [-0.3, -0.25) is 9.58 Å². The molecule has 0 aromatic carbocycles. The van der Waals surface area contributed by atoms with Gasteiger partial charge in [0, 0.05) is 26.1 Å². The Morgan fingerprint density at radius 3 is 3.00 bits per heavy atom. The van der Waals surface area contributed by atoms with Crippen LogP contribution >= 0.6 is 11.6 Å². The lowest BCUT2D eigenvalue weighted by Crippen LogP contribution is -2.25. The summed E-state index contributed by atoms with van der Waals surface area (Å²) in [4.78, 5) is 11.3. The molecule has 4 rings (SSSR count). The average Bonchev–Trinajstić information content (AvgIpc) is 3.09. The molecule has 3 heterocycles. The molecule has 1 saturated heterocycles.